The molecule has 0 aliphatic carbocycles. The van der Waals surface area contributed by atoms with Crippen molar-refractivity contribution in [2.75, 3.05) is 10.6 Å². The summed E-state index contributed by atoms with van der Waals surface area (Å²) < 4.78 is 22.5. The molecular weight excluding hydrogens is 535 g/mol. The van der Waals surface area contributed by atoms with Crippen molar-refractivity contribution in [2.45, 2.75) is 26.2 Å². The average Bonchev–Trinajstić information content (AvgIpc) is 3.65. The molecule has 0 saturated heterocycles. The fourth-order valence-corrected chi connectivity index (χ4v) is 4.32. The maximum Gasteiger partial charge on any atom is 0.324 e. The number of anilines is 2. The Morgan fingerprint density at radius 3 is 2.60 bits per heavy atom. The summed E-state index contributed by atoms with van der Waals surface area (Å²) in [6.45, 7) is 6.12. The smallest absolute Gasteiger partial charge is 0.324 e. The normalized spacial score (nSPS) is 11.4. The monoisotopic (exact) mass is 562 g/mol. The standard InChI is InChI=1S/C31H27FN8O2/c1-31(2,3)28-16-29(40(39-28)21-6-8-25-19(13-21)5-4-11-33-25)38-30(41)37-26-9-7-22(14-24(26)32)42-23-10-12-34-27(15-23)20-17-35-36-18-20/h4-18H,1-3H3,(H,35,36)(H2,37,38,41). The number of nitrogens with zero attached hydrogens (tertiary/aromatic N) is 5. The first-order chi connectivity index (χ1) is 20.2. The van der Waals surface area contributed by atoms with Gasteiger partial charge in [0, 0.05) is 53.2 Å². The van der Waals surface area contributed by atoms with Crippen molar-refractivity contribution >= 4 is 28.4 Å². The molecule has 3 N–H and O–H groups in total. The third-order valence-electron chi connectivity index (χ3n) is 6.50. The molecule has 0 radical (unpaired) electrons. The predicted molar refractivity (Wildman–Crippen MR) is 158 cm³/mol. The number of pyridine rings is 2. The Kier molecular flexibility index (Phi) is 6.83. The van der Waals surface area contributed by atoms with Crippen LogP contribution >= 0.6 is 0 Å². The fourth-order valence-electron chi connectivity index (χ4n) is 4.32. The molecule has 0 saturated carbocycles. The first-order valence-corrected chi connectivity index (χ1v) is 13.2. The molecule has 42 heavy (non-hydrogen) atoms. The Hall–Kier alpha value is -5.58. The molecule has 4 aromatic heterocycles. The second-order valence-electron chi connectivity index (χ2n) is 10.6. The Morgan fingerprint density at radius 1 is 0.952 bits per heavy atom. The van der Waals surface area contributed by atoms with E-state index in [1.54, 1.807) is 47.7 Å². The summed E-state index contributed by atoms with van der Waals surface area (Å²) in [5, 5.41) is 17.8. The highest BCUT2D eigenvalue weighted by Gasteiger charge is 2.22. The van der Waals surface area contributed by atoms with E-state index >= 15 is 4.39 Å². The molecule has 0 aliphatic rings. The summed E-state index contributed by atoms with van der Waals surface area (Å²) in [5.74, 6) is 0.526. The summed E-state index contributed by atoms with van der Waals surface area (Å²) >= 11 is 0. The van der Waals surface area contributed by atoms with Gasteiger partial charge < -0.3 is 10.1 Å². The number of carbonyl (C=O) groups excluding carboxylic acids is 1. The van der Waals surface area contributed by atoms with Crippen LogP contribution in [-0.2, 0) is 5.41 Å². The van der Waals surface area contributed by atoms with Crippen molar-refractivity contribution in [1.29, 1.82) is 0 Å². The van der Waals surface area contributed by atoms with Gasteiger partial charge in [0.15, 0.2) is 0 Å². The number of ether oxygens (including phenoxy) is 1. The van der Waals surface area contributed by atoms with Gasteiger partial charge in [-0.3, -0.25) is 20.4 Å². The lowest BCUT2D eigenvalue weighted by molar-refractivity contribution is 0.262. The van der Waals surface area contributed by atoms with Crippen molar-refractivity contribution in [3.8, 4) is 28.4 Å². The highest BCUT2D eigenvalue weighted by Crippen LogP contribution is 2.30. The van der Waals surface area contributed by atoms with E-state index in [9.17, 15) is 4.79 Å². The second-order valence-corrected chi connectivity index (χ2v) is 10.6. The number of amides is 2. The van der Waals surface area contributed by atoms with Crippen LogP contribution in [0.25, 0.3) is 27.8 Å². The van der Waals surface area contributed by atoms with Crippen molar-refractivity contribution < 1.29 is 13.9 Å². The molecule has 4 heterocycles. The summed E-state index contributed by atoms with van der Waals surface area (Å²) in [5.41, 5.74) is 3.56. The lowest BCUT2D eigenvalue weighted by atomic mass is 9.92. The van der Waals surface area contributed by atoms with Crippen LogP contribution in [0.15, 0.2) is 91.5 Å². The minimum Gasteiger partial charge on any atom is -0.457 e. The molecule has 210 valence electrons. The van der Waals surface area contributed by atoms with Crippen LogP contribution in [0, 0.1) is 5.82 Å². The molecule has 6 rings (SSSR count). The van der Waals surface area contributed by atoms with Gasteiger partial charge in [0.2, 0.25) is 0 Å². The number of benzene rings is 2. The Balaban J connectivity index is 1.20. The largest absolute Gasteiger partial charge is 0.457 e. The van der Waals surface area contributed by atoms with Gasteiger partial charge in [0.1, 0.15) is 23.1 Å². The van der Waals surface area contributed by atoms with Crippen molar-refractivity contribution in [1.82, 2.24) is 29.9 Å². The number of nitrogens with one attached hydrogen (secondary N) is 3. The van der Waals surface area contributed by atoms with Gasteiger partial charge in [-0.05, 0) is 42.5 Å². The number of halogens is 1. The second kappa shape index (κ2) is 10.8. The number of hydrogen-bond donors (Lipinski definition) is 3. The minimum atomic E-state index is -0.655. The number of carbonyl (C=O) groups is 1. The molecule has 0 aliphatic heterocycles. The highest BCUT2D eigenvalue weighted by atomic mass is 19.1. The molecule has 0 atom stereocenters. The Bertz CT molecular complexity index is 1890. The van der Waals surface area contributed by atoms with Gasteiger partial charge >= 0.3 is 6.03 Å². The maximum absolute atomic E-state index is 15.0. The quantitative estimate of drug-likeness (QED) is 0.199. The number of aromatic nitrogens is 6. The van der Waals surface area contributed by atoms with E-state index < -0.39 is 11.8 Å². The number of H-pyrrole nitrogens is 1. The molecule has 0 bridgehead atoms. The van der Waals surface area contributed by atoms with Gasteiger partial charge in [-0.2, -0.15) is 10.2 Å². The van der Waals surface area contributed by atoms with E-state index in [1.807, 2.05) is 57.2 Å². The van der Waals surface area contributed by atoms with Crippen LogP contribution < -0.4 is 15.4 Å². The summed E-state index contributed by atoms with van der Waals surface area (Å²) in [6, 6.07) is 18.4. The summed E-state index contributed by atoms with van der Waals surface area (Å²) in [7, 11) is 0. The summed E-state index contributed by atoms with van der Waals surface area (Å²) in [4.78, 5) is 21.7. The van der Waals surface area contributed by atoms with Crippen molar-refractivity contribution in [3.05, 3.63) is 103 Å². The van der Waals surface area contributed by atoms with E-state index in [0.29, 0.717) is 17.3 Å². The zero-order chi connectivity index (χ0) is 29.3. The SMILES string of the molecule is CC(C)(C)c1cc(NC(=O)Nc2ccc(Oc3ccnc(-c4cn[nH]c4)c3)cc2F)n(-c2ccc3ncccc3c2)n1. The van der Waals surface area contributed by atoms with E-state index in [1.165, 1.54) is 12.1 Å². The third kappa shape index (κ3) is 5.66. The first kappa shape index (κ1) is 26.6. The first-order valence-electron chi connectivity index (χ1n) is 13.2. The van der Waals surface area contributed by atoms with E-state index in [4.69, 9.17) is 9.84 Å². The van der Waals surface area contributed by atoms with Gasteiger partial charge in [0.25, 0.3) is 0 Å². The van der Waals surface area contributed by atoms with Gasteiger partial charge in [0.05, 0.1) is 34.5 Å². The molecule has 0 unspecified atom stereocenters. The van der Waals surface area contributed by atoms with Crippen LogP contribution in [0.4, 0.5) is 20.7 Å². The Morgan fingerprint density at radius 2 is 1.81 bits per heavy atom. The van der Waals surface area contributed by atoms with Crippen molar-refractivity contribution in [3.63, 3.8) is 0 Å². The molecule has 2 amide bonds. The van der Waals surface area contributed by atoms with Gasteiger partial charge in [-0.25, -0.2) is 13.9 Å². The predicted octanol–water partition coefficient (Wildman–Crippen LogP) is 7.08. The topological polar surface area (TPSA) is 123 Å². The molecule has 0 fully saturated rings. The van der Waals surface area contributed by atoms with E-state index in [2.05, 4.69) is 30.8 Å². The van der Waals surface area contributed by atoms with Crippen LogP contribution in [0.2, 0.25) is 0 Å². The minimum absolute atomic E-state index is 0.00689. The van der Waals surface area contributed by atoms with Gasteiger partial charge in [-0.15, -0.1) is 0 Å². The van der Waals surface area contributed by atoms with Crippen LogP contribution in [0.3, 0.4) is 0 Å². The molecule has 6 aromatic rings. The zero-order valence-corrected chi connectivity index (χ0v) is 23.1. The number of fused-ring (bicyclic) bond motifs is 1. The average molecular weight is 563 g/mol. The summed E-state index contributed by atoms with van der Waals surface area (Å²) in [6.07, 6.45) is 6.69. The number of urea groups is 1. The molecule has 11 heteroatoms. The van der Waals surface area contributed by atoms with Crippen LogP contribution in [-0.4, -0.2) is 36.0 Å². The maximum atomic E-state index is 15.0. The lowest BCUT2D eigenvalue weighted by Gasteiger charge is -2.14. The lowest BCUT2D eigenvalue weighted by Crippen LogP contribution is -2.22. The zero-order valence-electron chi connectivity index (χ0n) is 23.1. The molecular formula is C31H27FN8O2. The van der Waals surface area contributed by atoms with E-state index in [-0.39, 0.29) is 16.9 Å². The number of aromatic amines is 1. The van der Waals surface area contributed by atoms with Gasteiger partial charge in [-0.1, -0.05) is 26.8 Å². The molecule has 2 aromatic carbocycles. The number of rotatable bonds is 6. The highest BCUT2D eigenvalue weighted by molar-refractivity contribution is 5.99. The third-order valence-corrected chi connectivity index (χ3v) is 6.50. The van der Waals surface area contributed by atoms with Crippen LogP contribution in [0.5, 0.6) is 11.5 Å². The molecule has 10 nitrogen and oxygen atoms in total. The fraction of sp³-hybridized carbons (Fsp3) is 0.129. The number of hydrogen-bond acceptors (Lipinski definition) is 6. The van der Waals surface area contributed by atoms with Crippen molar-refractivity contribution in [2.24, 2.45) is 0 Å². The molecule has 0 spiro atoms. The van der Waals surface area contributed by atoms with Crippen LogP contribution in [0.1, 0.15) is 26.5 Å². The van der Waals surface area contributed by atoms with E-state index in [0.717, 1.165) is 27.8 Å². The Labute approximate surface area is 240 Å².